The molecule has 1 atom stereocenters. The Bertz CT molecular complexity index is 1030. The van der Waals surface area contributed by atoms with Gasteiger partial charge < -0.3 is 10.1 Å². The van der Waals surface area contributed by atoms with Gasteiger partial charge in [0, 0.05) is 24.6 Å². The second-order valence-electron chi connectivity index (χ2n) is 8.17. The fraction of sp³-hybridized carbons (Fsp3) is 0.500. The predicted molar refractivity (Wildman–Crippen MR) is 123 cm³/mol. The number of nitrogens with zero attached hydrogens (tertiary/aromatic N) is 4. The zero-order chi connectivity index (χ0) is 22.6. The highest BCUT2D eigenvalue weighted by Gasteiger charge is 2.33. The van der Waals surface area contributed by atoms with E-state index in [0.29, 0.717) is 30.7 Å². The van der Waals surface area contributed by atoms with E-state index in [9.17, 15) is 9.18 Å². The smallest absolute Gasteiger partial charge is 0.287 e. The van der Waals surface area contributed by atoms with Crippen LogP contribution in [-0.2, 0) is 4.74 Å². The Morgan fingerprint density at radius 2 is 2.09 bits per heavy atom. The molecule has 2 aromatic rings. The summed E-state index contributed by atoms with van der Waals surface area (Å²) in [6.07, 6.45) is 4.14. The van der Waals surface area contributed by atoms with Crippen LogP contribution in [0.3, 0.4) is 0 Å². The summed E-state index contributed by atoms with van der Waals surface area (Å²) in [6, 6.07) is 9.58. The summed E-state index contributed by atoms with van der Waals surface area (Å²) in [7, 11) is 0. The molecule has 2 fully saturated rings. The van der Waals surface area contributed by atoms with Gasteiger partial charge in [-0.2, -0.15) is 10.4 Å². The largest absolute Gasteiger partial charge is 0.379 e. The Balaban J connectivity index is 1.34. The zero-order valence-corrected chi connectivity index (χ0v) is 19.2. The average Bonchev–Trinajstić information content (AvgIpc) is 2.82. The number of nitriles is 1. The molecule has 10 heteroatoms. The number of alkyl halides is 1. The summed E-state index contributed by atoms with van der Waals surface area (Å²) < 4.78 is 23.7. The summed E-state index contributed by atoms with van der Waals surface area (Å²) in [5, 5.41) is 16.2. The van der Waals surface area contributed by atoms with Crippen LogP contribution in [0.15, 0.2) is 40.2 Å². The van der Waals surface area contributed by atoms with E-state index in [-0.39, 0.29) is 29.8 Å². The van der Waals surface area contributed by atoms with E-state index in [4.69, 9.17) is 21.6 Å². The van der Waals surface area contributed by atoms with E-state index < -0.39 is 5.67 Å². The molecule has 1 aromatic heterocycles. The van der Waals surface area contributed by atoms with Gasteiger partial charge in [0.15, 0.2) is 5.67 Å². The SMILES string of the molecule is N#Cc1ccc(SN2CCC(n3ncc(NCC4(F)CCCOC4)c(Cl)c3=O)CC2)cc1. The molecule has 7 nitrogen and oxygen atoms in total. The van der Waals surface area contributed by atoms with E-state index >= 15 is 0 Å². The number of anilines is 1. The monoisotopic (exact) mass is 477 g/mol. The molecule has 3 heterocycles. The van der Waals surface area contributed by atoms with Crippen LogP contribution >= 0.6 is 23.5 Å². The number of benzene rings is 1. The second-order valence-corrected chi connectivity index (χ2v) is 9.72. The first-order chi connectivity index (χ1) is 15.5. The number of rotatable bonds is 6. The highest BCUT2D eigenvalue weighted by atomic mass is 35.5. The highest BCUT2D eigenvalue weighted by Crippen LogP contribution is 2.31. The number of hydrogen-bond donors (Lipinski definition) is 1. The van der Waals surface area contributed by atoms with Crippen LogP contribution in [-0.4, -0.2) is 52.6 Å². The number of hydrogen-bond acceptors (Lipinski definition) is 7. The number of piperidine rings is 1. The van der Waals surface area contributed by atoms with Crippen molar-refractivity contribution in [3.05, 3.63) is 51.4 Å². The van der Waals surface area contributed by atoms with E-state index in [1.54, 1.807) is 11.9 Å². The third-order valence-electron chi connectivity index (χ3n) is 5.80. The number of ether oxygens (including phenoxy) is 1. The van der Waals surface area contributed by atoms with Crippen molar-refractivity contribution in [1.29, 1.82) is 5.26 Å². The molecule has 4 rings (SSSR count). The summed E-state index contributed by atoms with van der Waals surface area (Å²) in [5.74, 6) is 0. The van der Waals surface area contributed by atoms with Crippen LogP contribution in [0.4, 0.5) is 10.1 Å². The molecule has 0 aliphatic carbocycles. The highest BCUT2D eigenvalue weighted by molar-refractivity contribution is 7.97. The molecule has 0 spiro atoms. The van der Waals surface area contributed by atoms with Gasteiger partial charge in [-0.15, -0.1) is 0 Å². The topological polar surface area (TPSA) is 83.2 Å². The quantitative estimate of drug-likeness (QED) is 0.628. The molecule has 1 aromatic carbocycles. The van der Waals surface area contributed by atoms with Gasteiger partial charge in [0.05, 0.1) is 42.7 Å². The predicted octanol–water partition coefficient (Wildman–Crippen LogP) is 4.04. The van der Waals surface area contributed by atoms with Crippen molar-refractivity contribution < 1.29 is 9.13 Å². The fourth-order valence-electron chi connectivity index (χ4n) is 3.96. The lowest BCUT2D eigenvalue weighted by molar-refractivity contribution is -0.0234. The molecule has 0 radical (unpaired) electrons. The minimum atomic E-state index is -1.46. The van der Waals surface area contributed by atoms with Gasteiger partial charge in [-0.3, -0.25) is 4.79 Å². The third-order valence-corrected chi connectivity index (χ3v) is 7.27. The standard InChI is InChI=1S/C22H25ClFN5O2S/c23-20-19(26-14-22(24)8-1-11-31-15-22)13-27-29(21(20)30)17-6-9-28(10-7-17)32-18-4-2-16(12-25)3-5-18/h2-5,13,17,26H,1,6-11,14-15H2. The van der Waals surface area contributed by atoms with Gasteiger partial charge in [-0.1, -0.05) is 11.6 Å². The van der Waals surface area contributed by atoms with Gasteiger partial charge in [0.2, 0.25) is 0 Å². The molecule has 2 saturated heterocycles. The number of halogens is 2. The van der Waals surface area contributed by atoms with Crippen molar-refractivity contribution in [1.82, 2.24) is 14.1 Å². The average molecular weight is 478 g/mol. The molecule has 0 amide bonds. The normalized spacial score (nSPS) is 22.4. The Labute approximate surface area is 195 Å². The van der Waals surface area contributed by atoms with Crippen LogP contribution in [0, 0.1) is 11.3 Å². The third kappa shape index (κ3) is 5.44. The summed E-state index contributed by atoms with van der Waals surface area (Å²) in [6.45, 7) is 2.25. The van der Waals surface area contributed by atoms with Crippen molar-refractivity contribution in [2.45, 2.75) is 42.3 Å². The van der Waals surface area contributed by atoms with Gasteiger partial charge >= 0.3 is 0 Å². The lowest BCUT2D eigenvalue weighted by atomic mass is 9.99. The van der Waals surface area contributed by atoms with Crippen molar-refractivity contribution in [2.75, 3.05) is 38.2 Å². The molecule has 170 valence electrons. The molecule has 2 aliphatic rings. The van der Waals surface area contributed by atoms with Crippen LogP contribution in [0.25, 0.3) is 0 Å². The van der Waals surface area contributed by atoms with E-state index in [0.717, 1.165) is 30.8 Å². The van der Waals surface area contributed by atoms with Crippen LogP contribution in [0.2, 0.25) is 5.02 Å². The first-order valence-electron chi connectivity index (χ1n) is 10.7. The molecule has 1 unspecified atom stereocenters. The maximum atomic E-state index is 14.7. The maximum absolute atomic E-state index is 14.7. The molecule has 0 saturated carbocycles. The minimum Gasteiger partial charge on any atom is -0.379 e. The Kier molecular flexibility index (Phi) is 7.36. The number of nitrogens with one attached hydrogen (secondary N) is 1. The van der Waals surface area contributed by atoms with E-state index in [1.807, 2.05) is 24.3 Å². The van der Waals surface area contributed by atoms with Crippen molar-refractivity contribution >= 4 is 29.2 Å². The van der Waals surface area contributed by atoms with E-state index in [1.165, 1.54) is 10.9 Å². The van der Waals surface area contributed by atoms with Gasteiger partial charge in [0.1, 0.15) is 5.02 Å². The Hall–Kier alpha value is -2.12. The first-order valence-corrected chi connectivity index (χ1v) is 11.8. The molecular weight excluding hydrogens is 453 g/mol. The zero-order valence-electron chi connectivity index (χ0n) is 17.6. The van der Waals surface area contributed by atoms with Gasteiger partial charge in [-0.05, 0) is 61.9 Å². The summed E-state index contributed by atoms with van der Waals surface area (Å²) in [4.78, 5) is 13.9. The molecule has 0 bridgehead atoms. The van der Waals surface area contributed by atoms with Gasteiger partial charge in [0.25, 0.3) is 5.56 Å². The minimum absolute atomic E-state index is 0.0306. The van der Waals surface area contributed by atoms with Crippen molar-refractivity contribution in [3.63, 3.8) is 0 Å². The van der Waals surface area contributed by atoms with Crippen LogP contribution in [0.1, 0.15) is 37.3 Å². The summed E-state index contributed by atoms with van der Waals surface area (Å²) in [5.41, 5.74) is -0.829. The first kappa shape index (κ1) is 23.1. The lowest BCUT2D eigenvalue weighted by Crippen LogP contribution is -2.41. The second kappa shape index (κ2) is 10.2. The molecule has 32 heavy (non-hydrogen) atoms. The lowest BCUT2D eigenvalue weighted by Gasteiger charge is -2.31. The van der Waals surface area contributed by atoms with E-state index in [2.05, 4.69) is 20.8 Å². The Morgan fingerprint density at radius 3 is 2.75 bits per heavy atom. The van der Waals surface area contributed by atoms with Crippen molar-refractivity contribution in [3.8, 4) is 6.07 Å². The Morgan fingerprint density at radius 1 is 1.34 bits per heavy atom. The fourth-order valence-corrected chi connectivity index (χ4v) is 5.11. The van der Waals surface area contributed by atoms with Crippen LogP contribution < -0.4 is 10.9 Å². The maximum Gasteiger partial charge on any atom is 0.287 e. The molecule has 1 N–H and O–H groups in total. The van der Waals surface area contributed by atoms with Gasteiger partial charge in [-0.25, -0.2) is 13.4 Å². The number of aromatic nitrogens is 2. The molecule has 2 aliphatic heterocycles. The summed E-state index contributed by atoms with van der Waals surface area (Å²) >= 11 is 7.96. The molecular formula is C22H25ClFN5O2S. The van der Waals surface area contributed by atoms with Crippen LogP contribution in [0.5, 0.6) is 0 Å². The van der Waals surface area contributed by atoms with Crippen molar-refractivity contribution in [2.24, 2.45) is 0 Å².